The van der Waals surface area contributed by atoms with Crippen molar-refractivity contribution in [3.63, 3.8) is 0 Å². The minimum absolute atomic E-state index is 0. The minimum atomic E-state index is -0.290. The zero-order valence-electron chi connectivity index (χ0n) is 16.2. The molecule has 0 bridgehead atoms. The van der Waals surface area contributed by atoms with Crippen LogP contribution in [0.5, 0.6) is 11.5 Å². The van der Waals surface area contributed by atoms with Crippen LogP contribution in [0.15, 0.2) is 54.6 Å². The van der Waals surface area contributed by atoms with Crippen LogP contribution in [0.4, 0.5) is 5.69 Å². The number of rotatable bonds is 5. The third-order valence-corrected chi connectivity index (χ3v) is 4.90. The molecule has 0 spiro atoms. The summed E-state index contributed by atoms with van der Waals surface area (Å²) in [5.74, 6) is 0.990. The number of carbonyl (C=O) groups excluding carboxylic acids is 1. The number of hydrogen-bond donors (Lipinski definition) is 2. The van der Waals surface area contributed by atoms with Crippen molar-refractivity contribution in [2.45, 2.75) is 25.8 Å². The highest BCUT2D eigenvalue weighted by Crippen LogP contribution is 2.29. The number of carbonyl (C=O) groups is 1. The lowest BCUT2D eigenvalue weighted by molar-refractivity contribution is 0.102. The van der Waals surface area contributed by atoms with Crippen LogP contribution >= 0.6 is 12.4 Å². The molecule has 1 amide bonds. The molecule has 0 atom stereocenters. The molecule has 3 aromatic rings. The van der Waals surface area contributed by atoms with Gasteiger partial charge in [0.05, 0.1) is 17.4 Å². The van der Waals surface area contributed by atoms with E-state index in [0.29, 0.717) is 22.9 Å². The fraction of sp³-hybridized carbons (Fsp3) is 0.286. The van der Waals surface area contributed by atoms with Gasteiger partial charge in [-0.05, 0) is 57.1 Å². The SMILES string of the molecule is Cc1c(C(=O)Nc2ccccc2Oc2ccccc2)nnn1C1CCNCC1.Cl. The summed E-state index contributed by atoms with van der Waals surface area (Å²) in [6, 6.07) is 17.1. The van der Waals surface area contributed by atoms with Crippen molar-refractivity contribution in [3.8, 4) is 11.5 Å². The number of nitrogens with zero attached hydrogens (tertiary/aromatic N) is 3. The van der Waals surface area contributed by atoms with Crippen molar-refractivity contribution in [3.05, 3.63) is 66.0 Å². The summed E-state index contributed by atoms with van der Waals surface area (Å²) in [5, 5.41) is 14.6. The molecule has 29 heavy (non-hydrogen) atoms. The first-order valence-corrected chi connectivity index (χ1v) is 9.48. The largest absolute Gasteiger partial charge is 0.455 e. The number of piperidine rings is 1. The number of anilines is 1. The molecule has 8 heteroatoms. The van der Waals surface area contributed by atoms with Crippen molar-refractivity contribution in [1.82, 2.24) is 20.3 Å². The number of aromatic nitrogens is 3. The van der Waals surface area contributed by atoms with Crippen LogP contribution in [0.1, 0.15) is 35.1 Å². The Balaban J connectivity index is 0.00000240. The number of amides is 1. The van der Waals surface area contributed by atoms with E-state index in [4.69, 9.17) is 4.74 Å². The maximum Gasteiger partial charge on any atom is 0.278 e. The Hall–Kier alpha value is -2.90. The minimum Gasteiger partial charge on any atom is -0.455 e. The van der Waals surface area contributed by atoms with Gasteiger partial charge < -0.3 is 15.4 Å². The van der Waals surface area contributed by atoms with Crippen LogP contribution in [0.2, 0.25) is 0 Å². The van der Waals surface area contributed by atoms with Crippen LogP contribution in [-0.4, -0.2) is 34.0 Å². The average Bonchev–Trinajstić information content (AvgIpc) is 3.12. The molecule has 1 aliphatic heterocycles. The molecule has 1 fully saturated rings. The molecule has 1 saturated heterocycles. The highest BCUT2D eigenvalue weighted by Gasteiger charge is 2.23. The van der Waals surface area contributed by atoms with E-state index in [1.54, 1.807) is 0 Å². The summed E-state index contributed by atoms with van der Waals surface area (Å²) >= 11 is 0. The van der Waals surface area contributed by atoms with E-state index in [9.17, 15) is 4.79 Å². The van der Waals surface area contributed by atoms with Crippen molar-refractivity contribution < 1.29 is 9.53 Å². The first-order valence-electron chi connectivity index (χ1n) is 9.48. The van der Waals surface area contributed by atoms with E-state index >= 15 is 0 Å². The van der Waals surface area contributed by atoms with Gasteiger partial charge in [-0.2, -0.15) is 0 Å². The number of benzene rings is 2. The third kappa shape index (κ3) is 4.75. The molecule has 7 nitrogen and oxygen atoms in total. The smallest absolute Gasteiger partial charge is 0.278 e. The zero-order chi connectivity index (χ0) is 19.3. The quantitative estimate of drug-likeness (QED) is 0.661. The maximum atomic E-state index is 12.8. The van der Waals surface area contributed by atoms with Crippen LogP contribution < -0.4 is 15.4 Å². The second-order valence-electron chi connectivity index (χ2n) is 6.81. The van der Waals surface area contributed by atoms with Gasteiger partial charge in [-0.15, -0.1) is 17.5 Å². The van der Waals surface area contributed by atoms with Gasteiger partial charge in [0.1, 0.15) is 5.75 Å². The monoisotopic (exact) mass is 413 g/mol. The Morgan fingerprint density at radius 3 is 2.55 bits per heavy atom. The number of ether oxygens (including phenoxy) is 1. The summed E-state index contributed by atoms with van der Waals surface area (Å²) in [7, 11) is 0. The van der Waals surface area contributed by atoms with Crippen LogP contribution in [0.25, 0.3) is 0 Å². The molecule has 0 unspecified atom stereocenters. The van der Waals surface area contributed by atoms with Crippen molar-refractivity contribution in [2.75, 3.05) is 18.4 Å². The molecule has 2 heterocycles. The van der Waals surface area contributed by atoms with Gasteiger partial charge >= 0.3 is 0 Å². The third-order valence-electron chi connectivity index (χ3n) is 4.90. The second-order valence-corrected chi connectivity index (χ2v) is 6.81. The van der Waals surface area contributed by atoms with Crippen molar-refractivity contribution in [2.24, 2.45) is 0 Å². The Morgan fingerprint density at radius 2 is 1.79 bits per heavy atom. The molecule has 0 radical (unpaired) electrons. The molecular formula is C21H24ClN5O2. The average molecular weight is 414 g/mol. The van der Waals surface area contributed by atoms with E-state index in [0.717, 1.165) is 31.6 Å². The van der Waals surface area contributed by atoms with Crippen LogP contribution in [0, 0.1) is 6.92 Å². The standard InChI is InChI=1S/C21H23N5O2.ClH/c1-15-20(24-25-26(15)16-11-13-22-14-12-16)21(27)23-18-9-5-6-10-19(18)28-17-7-3-2-4-8-17;/h2-10,16,22H,11-14H2,1H3,(H,23,27);1H. The molecule has 0 saturated carbocycles. The van der Waals surface area contributed by atoms with Crippen molar-refractivity contribution >= 4 is 24.0 Å². The maximum absolute atomic E-state index is 12.8. The summed E-state index contributed by atoms with van der Waals surface area (Å²) in [5.41, 5.74) is 1.71. The summed E-state index contributed by atoms with van der Waals surface area (Å²) in [6.07, 6.45) is 1.97. The number of halogens is 1. The molecule has 1 aliphatic rings. The van der Waals surface area contributed by atoms with Gasteiger partial charge in [0.25, 0.3) is 5.91 Å². The normalized spacial score (nSPS) is 14.1. The zero-order valence-corrected chi connectivity index (χ0v) is 17.0. The Labute approximate surface area is 175 Å². The number of hydrogen-bond acceptors (Lipinski definition) is 5. The summed E-state index contributed by atoms with van der Waals surface area (Å²) < 4.78 is 7.79. The van der Waals surface area contributed by atoms with Gasteiger partial charge in [0.15, 0.2) is 11.4 Å². The predicted octanol–water partition coefficient (Wildman–Crippen LogP) is 3.98. The number of para-hydroxylation sites is 3. The van der Waals surface area contributed by atoms with E-state index in [-0.39, 0.29) is 24.4 Å². The topological polar surface area (TPSA) is 81.1 Å². The highest BCUT2D eigenvalue weighted by atomic mass is 35.5. The number of nitrogens with one attached hydrogen (secondary N) is 2. The van der Waals surface area contributed by atoms with Crippen LogP contribution in [-0.2, 0) is 0 Å². The fourth-order valence-corrected chi connectivity index (χ4v) is 3.40. The van der Waals surface area contributed by atoms with Gasteiger partial charge in [-0.3, -0.25) is 4.79 Å². The second kappa shape index (κ2) is 9.54. The Bertz CT molecular complexity index is 955. The predicted molar refractivity (Wildman–Crippen MR) is 114 cm³/mol. The molecule has 1 aromatic heterocycles. The van der Waals surface area contributed by atoms with Gasteiger partial charge in [-0.25, -0.2) is 4.68 Å². The van der Waals surface area contributed by atoms with E-state index in [1.807, 2.05) is 66.2 Å². The van der Waals surface area contributed by atoms with E-state index in [1.165, 1.54) is 0 Å². The van der Waals surface area contributed by atoms with Gasteiger partial charge in [0.2, 0.25) is 0 Å². The van der Waals surface area contributed by atoms with Crippen LogP contribution in [0.3, 0.4) is 0 Å². The first-order chi connectivity index (χ1) is 13.7. The molecule has 4 rings (SSSR count). The lowest BCUT2D eigenvalue weighted by atomic mass is 10.1. The van der Waals surface area contributed by atoms with E-state index in [2.05, 4.69) is 20.9 Å². The van der Waals surface area contributed by atoms with Gasteiger partial charge in [-0.1, -0.05) is 35.5 Å². The summed E-state index contributed by atoms with van der Waals surface area (Å²) in [6.45, 7) is 3.80. The molecular weight excluding hydrogens is 390 g/mol. The molecule has 2 N–H and O–H groups in total. The highest BCUT2D eigenvalue weighted by molar-refractivity contribution is 6.04. The Morgan fingerprint density at radius 1 is 1.10 bits per heavy atom. The molecule has 152 valence electrons. The Kier molecular flexibility index (Phi) is 6.85. The molecule has 0 aliphatic carbocycles. The fourth-order valence-electron chi connectivity index (χ4n) is 3.40. The first kappa shape index (κ1) is 20.8. The molecule has 2 aromatic carbocycles. The lowest BCUT2D eigenvalue weighted by Crippen LogP contribution is -2.30. The summed E-state index contributed by atoms with van der Waals surface area (Å²) in [4.78, 5) is 12.8. The van der Waals surface area contributed by atoms with Crippen molar-refractivity contribution in [1.29, 1.82) is 0 Å². The van der Waals surface area contributed by atoms with E-state index < -0.39 is 0 Å². The van der Waals surface area contributed by atoms with Gasteiger partial charge in [0, 0.05) is 0 Å². The lowest BCUT2D eigenvalue weighted by Gasteiger charge is -2.23.